The predicted molar refractivity (Wildman–Crippen MR) is 97.0 cm³/mol. The molecule has 1 saturated heterocycles. The molecule has 1 aliphatic heterocycles. The summed E-state index contributed by atoms with van der Waals surface area (Å²) < 4.78 is 2.07. The van der Waals surface area contributed by atoms with Crippen LogP contribution in [0.1, 0.15) is 24.7 Å². The Hall–Kier alpha value is -1.72. The molecule has 0 aliphatic carbocycles. The fourth-order valence-corrected chi connectivity index (χ4v) is 3.33. The molecule has 2 aromatic rings. The maximum Gasteiger partial charge on any atom is 0.138 e. The van der Waals surface area contributed by atoms with Crippen molar-refractivity contribution in [2.75, 3.05) is 33.2 Å². The quantitative estimate of drug-likeness (QED) is 0.780. The zero-order chi connectivity index (χ0) is 16.8. The SMILES string of the molecule is C[C@@H](CCc1ncnn1CCc1ccccc1)N1CCN(C)CC1. The first-order chi connectivity index (χ1) is 11.7. The van der Waals surface area contributed by atoms with Crippen LogP contribution in [0.2, 0.25) is 0 Å². The van der Waals surface area contributed by atoms with E-state index in [1.165, 1.54) is 31.7 Å². The van der Waals surface area contributed by atoms with Gasteiger partial charge in [-0.25, -0.2) is 9.67 Å². The Morgan fingerprint density at radius 1 is 1.04 bits per heavy atom. The van der Waals surface area contributed by atoms with Crippen molar-refractivity contribution in [3.8, 4) is 0 Å². The van der Waals surface area contributed by atoms with E-state index < -0.39 is 0 Å². The van der Waals surface area contributed by atoms with Crippen LogP contribution in [0.4, 0.5) is 0 Å². The zero-order valence-electron chi connectivity index (χ0n) is 14.9. The summed E-state index contributed by atoms with van der Waals surface area (Å²) in [6, 6.07) is 11.2. The van der Waals surface area contributed by atoms with Crippen molar-refractivity contribution in [3.63, 3.8) is 0 Å². The lowest BCUT2D eigenvalue weighted by molar-refractivity contribution is 0.114. The van der Waals surface area contributed by atoms with Gasteiger partial charge in [-0.15, -0.1) is 0 Å². The van der Waals surface area contributed by atoms with Crippen molar-refractivity contribution < 1.29 is 0 Å². The van der Waals surface area contributed by atoms with E-state index in [4.69, 9.17) is 0 Å². The molecule has 0 spiro atoms. The highest BCUT2D eigenvalue weighted by atomic mass is 15.3. The molecule has 0 amide bonds. The number of hydrogen-bond donors (Lipinski definition) is 0. The fourth-order valence-electron chi connectivity index (χ4n) is 3.33. The van der Waals surface area contributed by atoms with E-state index >= 15 is 0 Å². The maximum atomic E-state index is 4.48. The van der Waals surface area contributed by atoms with Crippen molar-refractivity contribution >= 4 is 0 Å². The molecule has 24 heavy (non-hydrogen) atoms. The third-order valence-electron chi connectivity index (χ3n) is 5.10. The maximum absolute atomic E-state index is 4.48. The summed E-state index contributed by atoms with van der Waals surface area (Å²) in [5.41, 5.74) is 1.35. The Bertz CT molecular complexity index is 601. The Morgan fingerprint density at radius 2 is 1.79 bits per heavy atom. The van der Waals surface area contributed by atoms with Gasteiger partial charge in [0.1, 0.15) is 12.2 Å². The van der Waals surface area contributed by atoms with Crippen molar-refractivity contribution in [3.05, 3.63) is 48.0 Å². The number of hydrogen-bond acceptors (Lipinski definition) is 4. The first kappa shape index (κ1) is 17.1. The first-order valence-electron chi connectivity index (χ1n) is 9.05. The highest BCUT2D eigenvalue weighted by molar-refractivity contribution is 5.14. The zero-order valence-corrected chi connectivity index (χ0v) is 14.9. The van der Waals surface area contributed by atoms with Crippen LogP contribution >= 0.6 is 0 Å². The topological polar surface area (TPSA) is 37.2 Å². The normalized spacial score (nSPS) is 17.9. The number of benzene rings is 1. The molecular formula is C19H29N5. The van der Waals surface area contributed by atoms with E-state index in [0.29, 0.717) is 6.04 Å². The Labute approximate surface area is 145 Å². The molecule has 0 N–H and O–H groups in total. The number of piperazine rings is 1. The van der Waals surface area contributed by atoms with Crippen LogP contribution in [0.25, 0.3) is 0 Å². The minimum Gasteiger partial charge on any atom is -0.304 e. The lowest BCUT2D eigenvalue weighted by atomic mass is 10.1. The Kier molecular flexibility index (Phi) is 5.99. The van der Waals surface area contributed by atoms with Crippen LogP contribution in [0, 0.1) is 0 Å². The van der Waals surface area contributed by atoms with E-state index in [1.807, 2.05) is 0 Å². The molecule has 0 radical (unpaired) electrons. The minimum atomic E-state index is 0.609. The summed E-state index contributed by atoms with van der Waals surface area (Å²) in [6.45, 7) is 7.96. The third-order valence-corrected chi connectivity index (χ3v) is 5.10. The van der Waals surface area contributed by atoms with Crippen LogP contribution in [-0.2, 0) is 19.4 Å². The molecular weight excluding hydrogens is 298 g/mol. The monoisotopic (exact) mass is 327 g/mol. The van der Waals surface area contributed by atoms with Gasteiger partial charge >= 0.3 is 0 Å². The lowest BCUT2D eigenvalue weighted by Crippen LogP contribution is -2.48. The van der Waals surface area contributed by atoms with Gasteiger partial charge in [0.05, 0.1) is 0 Å². The van der Waals surface area contributed by atoms with Gasteiger partial charge < -0.3 is 4.90 Å². The summed E-state index contributed by atoms with van der Waals surface area (Å²) in [6.07, 6.45) is 4.85. The summed E-state index contributed by atoms with van der Waals surface area (Å²) in [5, 5.41) is 4.42. The molecule has 1 aromatic heterocycles. The molecule has 2 heterocycles. The van der Waals surface area contributed by atoms with E-state index in [2.05, 4.69) is 68.9 Å². The lowest BCUT2D eigenvalue weighted by Gasteiger charge is -2.36. The first-order valence-corrected chi connectivity index (χ1v) is 9.05. The van der Waals surface area contributed by atoms with E-state index in [0.717, 1.165) is 31.6 Å². The van der Waals surface area contributed by atoms with Crippen LogP contribution in [0.3, 0.4) is 0 Å². The van der Waals surface area contributed by atoms with Gasteiger partial charge in [0.15, 0.2) is 0 Å². The van der Waals surface area contributed by atoms with Gasteiger partial charge in [-0.1, -0.05) is 30.3 Å². The number of rotatable bonds is 7. The van der Waals surface area contributed by atoms with Gasteiger partial charge in [0.25, 0.3) is 0 Å². The number of likely N-dealkylation sites (N-methyl/N-ethyl adjacent to an activating group) is 1. The Morgan fingerprint density at radius 3 is 2.54 bits per heavy atom. The van der Waals surface area contributed by atoms with Crippen LogP contribution in [-0.4, -0.2) is 63.8 Å². The standard InChI is InChI=1S/C19H29N5/c1-17(23-14-12-22(2)13-15-23)8-9-19-20-16-21-24(19)11-10-18-6-4-3-5-7-18/h3-7,16-17H,8-15H2,1-2H3/t17-/m0/s1. The highest BCUT2D eigenvalue weighted by Gasteiger charge is 2.19. The van der Waals surface area contributed by atoms with Crippen molar-refractivity contribution in [2.24, 2.45) is 0 Å². The molecule has 0 unspecified atom stereocenters. The molecule has 0 bridgehead atoms. The van der Waals surface area contributed by atoms with Crippen molar-refractivity contribution in [2.45, 2.75) is 38.8 Å². The highest BCUT2D eigenvalue weighted by Crippen LogP contribution is 2.11. The van der Waals surface area contributed by atoms with E-state index in [1.54, 1.807) is 6.33 Å². The third kappa shape index (κ3) is 4.65. The minimum absolute atomic E-state index is 0.609. The average molecular weight is 327 g/mol. The molecule has 130 valence electrons. The molecule has 1 fully saturated rings. The second-order valence-electron chi connectivity index (χ2n) is 6.86. The van der Waals surface area contributed by atoms with Crippen LogP contribution < -0.4 is 0 Å². The molecule has 5 nitrogen and oxygen atoms in total. The van der Waals surface area contributed by atoms with Crippen LogP contribution in [0.5, 0.6) is 0 Å². The number of nitrogens with zero attached hydrogens (tertiary/aromatic N) is 5. The van der Waals surface area contributed by atoms with Crippen LogP contribution in [0.15, 0.2) is 36.7 Å². The molecule has 3 rings (SSSR count). The van der Waals surface area contributed by atoms with Crippen molar-refractivity contribution in [1.82, 2.24) is 24.6 Å². The summed E-state index contributed by atoms with van der Waals surface area (Å²) >= 11 is 0. The van der Waals surface area contributed by atoms with E-state index in [9.17, 15) is 0 Å². The van der Waals surface area contributed by atoms with E-state index in [-0.39, 0.29) is 0 Å². The van der Waals surface area contributed by atoms with Gasteiger partial charge in [-0.2, -0.15) is 5.10 Å². The molecule has 5 heteroatoms. The second kappa shape index (κ2) is 8.40. The number of aryl methyl sites for hydroxylation is 3. The summed E-state index contributed by atoms with van der Waals surface area (Å²) in [7, 11) is 2.21. The van der Waals surface area contributed by atoms with Gasteiger partial charge in [0, 0.05) is 45.2 Å². The fraction of sp³-hybridized carbons (Fsp3) is 0.579. The second-order valence-corrected chi connectivity index (χ2v) is 6.86. The molecule has 1 aromatic carbocycles. The number of aromatic nitrogens is 3. The molecule has 0 saturated carbocycles. The van der Waals surface area contributed by atoms with Gasteiger partial charge in [0.2, 0.25) is 0 Å². The van der Waals surface area contributed by atoms with Gasteiger partial charge in [-0.3, -0.25) is 4.90 Å². The summed E-state index contributed by atoms with van der Waals surface area (Å²) in [5.74, 6) is 1.12. The van der Waals surface area contributed by atoms with Crippen molar-refractivity contribution in [1.29, 1.82) is 0 Å². The molecule has 1 aliphatic rings. The largest absolute Gasteiger partial charge is 0.304 e. The summed E-state index contributed by atoms with van der Waals surface area (Å²) in [4.78, 5) is 9.49. The Balaban J connectivity index is 1.48. The average Bonchev–Trinajstić information content (AvgIpc) is 3.07. The predicted octanol–water partition coefficient (Wildman–Crippen LogP) is 2.09. The van der Waals surface area contributed by atoms with Gasteiger partial charge in [-0.05, 0) is 32.4 Å². The molecule has 1 atom stereocenters. The smallest absolute Gasteiger partial charge is 0.138 e.